The lowest BCUT2D eigenvalue weighted by Crippen LogP contribution is -2.33. The molecule has 2 aliphatic heterocycles. The van der Waals surface area contributed by atoms with E-state index in [1.54, 1.807) is 24.3 Å². The summed E-state index contributed by atoms with van der Waals surface area (Å²) in [5.41, 5.74) is 2.07. The van der Waals surface area contributed by atoms with E-state index in [1.807, 2.05) is 7.98 Å². The number of hydrogen-bond donors (Lipinski definition) is 0. The molecular formula is C15H16BClN2O2. The number of benzene rings is 1. The molecule has 6 heteroatoms. The molecule has 1 saturated heterocycles. The van der Waals surface area contributed by atoms with Gasteiger partial charge in [0.25, 0.3) is 11.8 Å². The van der Waals surface area contributed by atoms with E-state index in [1.165, 1.54) is 4.90 Å². The molecule has 0 unspecified atom stereocenters. The van der Waals surface area contributed by atoms with Crippen molar-refractivity contribution >= 4 is 31.4 Å². The van der Waals surface area contributed by atoms with Crippen LogP contribution in [-0.2, 0) is 0 Å². The summed E-state index contributed by atoms with van der Waals surface area (Å²) in [5.74, 6) is -0.503. The highest BCUT2D eigenvalue weighted by atomic mass is 35.5. The molecule has 0 spiro atoms. The van der Waals surface area contributed by atoms with Crippen molar-refractivity contribution in [3.8, 4) is 0 Å². The van der Waals surface area contributed by atoms with Crippen LogP contribution in [0.2, 0.25) is 0 Å². The maximum atomic E-state index is 12.3. The minimum Gasteiger partial charge on any atom is -0.345 e. The number of amides is 2. The van der Waals surface area contributed by atoms with Crippen LogP contribution in [0.4, 0.5) is 0 Å². The fourth-order valence-electron chi connectivity index (χ4n) is 2.90. The minimum absolute atomic E-state index is 0.178. The Morgan fingerprint density at radius 1 is 1.19 bits per heavy atom. The molecule has 108 valence electrons. The summed E-state index contributed by atoms with van der Waals surface area (Å²) in [4.78, 5) is 28.0. The van der Waals surface area contributed by atoms with Gasteiger partial charge in [0, 0.05) is 11.6 Å². The fourth-order valence-corrected chi connectivity index (χ4v) is 3.17. The molecule has 4 nitrogen and oxygen atoms in total. The molecule has 3 rings (SSSR count). The Bertz CT molecular complexity index is 609. The van der Waals surface area contributed by atoms with Crippen LogP contribution in [-0.4, -0.2) is 49.1 Å². The lowest BCUT2D eigenvalue weighted by atomic mass is 10.0. The quantitative estimate of drug-likeness (QED) is 0.613. The summed E-state index contributed by atoms with van der Waals surface area (Å²) in [6, 6.07) is 6.91. The smallest absolute Gasteiger partial charge is 0.261 e. The second-order valence-corrected chi connectivity index (χ2v) is 6.05. The van der Waals surface area contributed by atoms with Crippen molar-refractivity contribution in [3.63, 3.8) is 0 Å². The normalized spacial score (nSPS) is 21.7. The van der Waals surface area contributed by atoms with Crippen molar-refractivity contribution in [2.75, 3.05) is 19.6 Å². The highest BCUT2D eigenvalue weighted by Crippen LogP contribution is 2.26. The first kappa shape index (κ1) is 14.4. The van der Waals surface area contributed by atoms with Gasteiger partial charge in [-0.25, -0.2) is 0 Å². The van der Waals surface area contributed by atoms with Crippen LogP contribution in [0.25, 0.3) is 0 Å². The van der Waals surface area contributed by atoms with Gasteiger partial charge in [-0.15, -0.1) is 0 Å². The number of nitrogens with zero attached hydrogens (tertiary/aromatic N) is 2. The topological polar surface area (TPSA) is 40.6 Å². The summed E-state index contributed by atoms with van der Waals surface area (Å²) in [7, 11) is 2.05. The molecule has 0 bridgehead atoms. The molecule has 0 N–H and O–H groups in total. The number of carbonyl (C=O) groups excluding carboxylic acids is 2. The summed E-state index contributed by atoms with van der Waals surface area (Å²) in [6.07, 6.45) is 2.00. The van der Waals surface area contributed by atoms with Gasteiger partial charge in [0.05, 0.1) is 17.7 Å². The predicted octanol–water partition coefficient (Wildman–Crippen LogP) is 1.42. The van der Waals surface area contributed by atoms with Crippen LogP contribution in [0.15, 0.2) is 34.9 Å². The number of halogens is 1. The van der Waals surface area contributed by atoms with Gasteiger partial charge >= 0.3 is 0 Å². The molecule has 0 atom stereocenters. The summed E-state index contributed by atoms with van der Waals surface area (Å²) < 4.78 is 0. The van der Waals surface area contributed by atoms with Crippen molar-refractivity contribution < 1.29 is 9.59 Å². The minimum atomic E-state index is -0.251. The van der Waals surface area contributed by atoms with Gasteiger partial charge in [0.2, 0.25) is 0 Å². The van der Waals surface area contributed by atoms with Crippen molar-refractivity contribution in [3.05, 3.63) is 46.0 Å². The fraction of sp³-hybridized carbons (Fsp3) is 0.333. The second-order valence-electron chi connectivity index (χ2n) is 5.59. The zero-order valence-electron chi connectivity index (χ0n) is 11.9. The van der Waals surface area contributed by atoms with E-state index >= 15 is 0 Å². The van der Waals surface area contributed by atoms with Crippen LogP contribution in [0.1, 0.15) is 33.6 Å². The molecule has 0 aromatic heterocycles. The SMILES string of the molecule is BN1CCC/C(=C(/Cl)CN2C(=O)c3ccccc3C2=O)C1. The second kappa shape index (κ2) is 5.66. The molecular weight excluding hydrogens is 286 g/mol. The standard InChI is InChI=1S/C15H16BClN2O2/c16-18-7-3-4-10(8-18)13(17)9-19-14(20)11-5-1-2-6-12(11)15(19)21/h1-2,5-6H,3-4,7-9,16H2/b13-10-. The maximum Gasteiger partial charge on any atom is 0.261 e. The number of fused-ring (bicyclic) bond motifs is 1. The van der Waals surface area contributed by atoms with E-state index in [4.69, 9.17) is 11.6 Å². The molecule has 21 heavy (non-hydrogen) atoms. The Morgan fingerprint density at radius 2 is 1.81 bits per heavy atom. The molecule has 1 aromatic rings. The Labute approximate surface area is 129 Å². The van der Waals surface area contributed by atoms with E-state index in [-0.39, 0.29) is 18.4 Å². The maximum absolute atomic E-state index is 12.3. The van der Waals surface area contributed by atoms with Gasteiger partial charge in [-0.05, 0) is 37.1 Å². The monoisotopic (exact) mass is 302 g/mol. The third-order valence-electron chi connectivity index (χ3n) is 4.04. The van der Waals surface area contributed by atoms with E-state index in [0.29, 0.717) is 16.2 Å². The lowest BCUT2D eigenvalue weighted by Gasteiger charge is -2.26. The van der Waals surface area contributed by atoms with Gasteiger partial charge in [0.1, 0.15) is 0 Å². The third-order valence-corrected chi connectivity index (χ3v) is 4.42. The molecule has 2 heterocycles. The molecule has 0 radical (unpaired) electrons. The van der Waals surface area contributed by atoms with Gasteiger partial charge in [0.15, 0.2) is 7.98 Å². The first-order valence-corrected chi connectivity index (χ1v) is 7.46. The number of piperidine rings is 1. The Balaban J connectivity index is 1.82. The molecule has 0 aliphatic carbocycles. The van der Waals surface area contributed by atoms with Crippen molar-refractivity contribution in [1.82, 2.24) is 9.71 Å². The Kier molecular flexibility index (Phi) is 3.87. The zero-order chi connectivity index (χ0) is 15.0. The first-order valence-electron chi connectivity index (χ1n) is 7.08. The average molecular weight is 303 g/mol. The molecule has 1 aromatic carbocycles. The Morgan fingerprint density at radius 3 is 2.38 bits per heavy atom. The van der Waals surface area contributed by atoms with E-state index < -0.39 is 0 Å². The van der Waals surface area contributed by atoms with Gasteiger partial charge in [-0.2, -0.15) is 0 Å². The summed E-state index contributed by atoms with van der Waals surface area (Å²) in [5, 5.41) is 0.621. The summed E-state index contributed by atoms with van der Waals surface area (Å²) in [6.45, 7) is 2.04. The largest absolute Gasteiger partial charge is 0.345 e. The van der Waals surface area contributed by atoms with E-state index in [0.717, 1.165) is 31.5 Å². The molecule has 2 amide bonds. The Hall–Kier alpha value is -1.59. The molecule has 0 saturated carbocycles. The molecule has 2 aliphatic rings. The van der Waals surface area contributed by atoms with Gasteiger partial charge in [-0.1, -0.05) is 23.7 Å². The highest BCUT2D eigenvalue weighted by molar-refractivity contribution is 6.31. The lowest BCUT2D eigenvalue weighted by molar-refractivity contribution is 0.0670. The average Bonchev–Trinajstić information content (AvgIpc) is 2.73. The predicted molar refractivity (Wildman–Crippen MR) is 84.0 cm³/mol. The van der Waals surface area contributed by atoms with Crippen LogP contribution < -0.4 is 0 Å². The third kappa shape index (κ3) is 2.63. The van der Waals surface area contributed by atoms with Gasteiger partial charge in [-0.3, -0.25) is 14.5 Å². The van der Waals surface area contributed by atoms with Crippen LogP contribution in [0.3, 0.4) is 0 Å². The van der Waals surface area contributed by atoms with Crippen LogP contribution >= 0.6 is 11.6 Å². The number of carbonyl (C=O) groups is 2. The highest BCUT2D eigenvalue weighted by Gasteiger charge is 2.35. The van der Waals surface area contributed by atoms with Crippen LogP contribution in [0.5, 0.6) is 0 Å². The number of hydrogen-bond acceptors (Lipinski definition) is 3. The van der Waals surface area contributed by atoms with Crippen molar-refractivity contribution in [2.45, 2.75) is 12.8 Å². The van der Waals surface area contributed by atoms with Crippen molar-refractivity contribution in [1.29, 1.82) is 0 Å². The van der Waals surface area contributed by atoms with Crippen LogP contribution in [0, 0.1) is 0 Å². The molecule has 1 fully saturated rings. The number of rotatable bonds is 2. The zero-order valence-corrected chi connectivity index (χ0v) is 12.7. The van der Waals surface area contributed by atoms with E-state index in [9.17, 15) is 9.59 Å². The van der Waals surface area contributed by atoms with Gasteiger partial charge < -0.3 is 4.81 Å². The van der Waals surface area contributed by atoms with E-state index in [2.05, 4.69) is 4.81 Å². The first-order chi connectivity index (χ1) is 10.1. The number of imide groups is 1. The van der Waals surface area contributed by atoms with Crippen molar-refractivity contribution in [2.24, 2.45) is 0 Å². The summed E-state index contributed by atoms with van der Waals surface area (Å²) >= 11 is 6.39.